The molecule has 9 nitrogen and oxygen atoms in total. The van der Waals surface area contributed by atoms with Gasteiger partial charge in [-0.15, -0.1) is 0 Å². The Morgan fingerprint density at radius 2 is 1.97 bits per heavy atom. The number of hydrogen-bond acceptors (Lipinski definition) is 7. The Labute approximate surface area is 212 Å². The lowest BCUT2D eigenvalue weighted by molar-refractivity contribution is -0.151. The van der Waals surface area contributed by atoms with Gasteiger partial charge in [0.15, 0.2) is 0 Å². The van der Waals surface area contributed by atoms with Gasteiger partial charge in [0.2, 0.25) is 0 Å². The Balaban J connectivity index is 1.89. The summed E-state index contributed by atoms with van der Waals surface area (Å²) < 4.78 is 14.4. The van der Waals surface area contributed by atoms with Crippen LogP contribution in [0.2, 0.25) is 0 Å². The molecule has 36 heavy (non-hydrogen) atoms. The molecule has 2 N–H and O–H groups in total. The number of nitrogens with one attached hydrogen (secondary N) is 1. The van der Waals surface area contributed by atoms with Crippen molar-refractivity contribution in [2.24, 2.45) is 12.5 Å². The smallest absolute Gasteiger partial charge is 0.325 e. The third kappa shape index (κ3) is 6.60. The standard InChI is InChI=1S/C27H38N4O5/c1-17-12-20(15-30(6)25(17)33)24-29-21-13-19(8-9-22(21)31(24)10-11-35-7)14-28-23(18(2)32)26(34)36-16-27(3,4)5/h8-9,12-13,15,18,23,28,32H,10-11,14,16H2,1-7H3/t18-,23?/m1/s1. The maximum absolute atomic E-state index is 12.6. The number of methoxy groups -OCH3 is 1. The Bertz CT molecular complexity index is 1240. The zero-order chi connectivity index (χ0) is 26.6. The van der Waals surface area contributed by atoms with Gasteiger partial charge in [0.25, 0.3) is 5.56 Å². The minimum absolute atomic E-state index is 0.0413. The molecule has 0 radical (unpaired) electrons. The van der Waals surface area contributed by atoms with E-state index in [1.807, 2.05) is 45.0 Å². The Morgan fingerprint density at radius 3 is 2.58 bits per heavy atom. The number of carbonyl (C=O) groups is 1. The fraction of sp³-hybridized carbons (Fsp3) is 0.519. The van der Waals surface area contributed by atoms with Gasteiger partial charge >= 0.3 is 5.97 Å². The average molecular weight is 499 g/mol. The summed E-state index contributed by atoms with van der Waals surface area (Å²) >= 11 is 0. The molecular formula is C27H38N4O5. The monoisotopic (exact) mass is 498 g/mol. The third-order valence-corrected chi connectivity index (χ3v) is 5.86. The molecule has 0 saturated heterocycles. The number of benzene rings is 1. The minimum atomic E-state index is -0.908. The summed E-state index contributed by atoms with van der Waals surface area (Å²) in [5, 5.41) is 13.3. The van der Waals surface area contributed by atoms with E-state index in [1.54, 1.807) is 38.8 Å². The second-order valence-electron chi connectivity index (χ2n) is 10.5. The van der Waals surface area contributed by atoms with E-state index in [4.69, 9.17) is 14.5 Å². The first kappa shape index (κ1) is 27.6. The van der Waals surface area contributed by atoms with Crippen LogP contribution < -0.4 is 10.9 Å². The number of ether oxygens (including phenoxy) is 2. The van der Waals surface area contributed by atoms with Crippen LogP contribution in [0.25, 0.3) is 22.4 Å². The molecule has 0 aliphatic carbocycles. The normalized spacial score (nSPS) is 13.7. The molecule has 0 spiro atoms. The number of rotatable bonds is 10. The first-order chi connectivity index (χ1) is 16.9. The summed E-state index contributed by atoms with van der Waals surface area (Å²) in [6, 6.07) is 6.93. The van der Waals surface area contributed by atoms with Gasteiger partial charge in [0, 0.05) is 44.6 Å². The number of aliphatic hydroxyl groups is 1. The number of hydrogen-bond donors (Lipinski definition) is 2. The van der Waals surface area contributed by atoms with Crippen molar-refractivity contribution >= 4 is 17.0 Å². The van der Waals surface area contributed by atoms with E-state index < -0.39 is 18.1 Å². The fourth-order valence-electron chi connectivity index (χ4n) is 3.97. The molecule has 0 fully saturated rings. The Kier molecular flexibility index (Phi) is 8.71. The molecule has 0 bridgehead atoms. The van der Waals surface area contributed by atoms with Crippen molar-refractivity contribution in [2.45, 2.75) is 59.9 Å². The number of nitrogens with zero attached hydrogens (tertiary/aromatic N) is 3. The molecule has 3 aromatic rings. The fourth-order valence-corrected chi connectivity index (χ4v) is 3.97. The predicted octanol–water partition coefficient (Wildman–Crippen LogP) is 2.79. The number of pyridine rings is 1. The summed E-state index contributed by atoms with van der Waals surface area (Å²) in [5.41, 5.74) is 3.93. The number of carbonyl (C=O) groups excluding carboxylic acids is 1. The van der Waals surface area contributed by atoms with E-state index in [2.05, 4.69) is 9.88 Å². The molecule has 0 aliphatic heterocycles. The summed E-state index contributed by atoms with van der Waals surface area (Å²) in [7, 11) is 3.39. The summed E-state index contributed by atoms with van der Waals surface area (Å²) in [5.74, 6) is 0.274. The van der Waals surface area contributed by atoms with Gasteiger partial charge in [-0.3, -0.25) is 14.9 Å². The van der Waals surface area contributed by atoms with Crippen LogP contribution >= 0.6 is 0 Å². The second-order valence-corrected chi connectivity index (χ2v) is 10.5. The Morgan fingerprint density at radius 1 is 1.25 bits per heavy atom. The van der Waals surface area contributed by atoms with Crippen LogP contribution in [0.1, 0.15) is 38.8 Å². The zero-order valence-electron chi connectivity index (χ0n) is 22.3. The van der Waals surface area contributed by atoms with Gasteiger partial charge in [-0.05, 0) is 43.0 Å². The number of aryl methyl sites for hydroxylation is 2. The molecule has 0 aliphatic rings. The maximum Gasteiger partial charge on any atom is 0.325 e. The van der Waals surface area contributed by atoms with Gasteiger partial charge in [0.1, 0.15) is 11.9 Å². The van der Waals surface area contributed by atoms with Gasteiger partial charge in [-0.25, -0.2) is 4.98 Å². The van der Waals surface area contributed by atoms with Crippen LogP contribution in [0.4, 0.5) is 0 Å². The van der Waals surface area contributed by atoms with Crippen molar-refractivity contribution in [2.75, 3.05) is 20.3 Å². The first-order valence-electron chi connectivity index (χ1n) is 12.1. The van der Waals surface area contributed by atoms with Crippen LogP contribution in [0.15, 0.2) is 35.3 Å². The molecule has 2 atom stereocenters. The van der Waals surface area contributed by atoms with Crippen molar-refractivity contribution in [3.05, 3.63) is 51.9 Å². The van der Waals surface area contributed by atoms with Gasteiger partial charge in [0.05, 0.1) is 30.4 Å². The molecule has 0 saturated carbocycles. The van der Waals surface area contributed by atoms with E-state index in [1.165, 1.54) is 0 Å². The van der Waals surface area contributed by atoms with E-state index in [0.29, 0.717) is 25.3 Å². The molecule has 1 unspecified atom stereocenters. The summed E-state index contributed by atoms with van der Waals surface area (Å²) in [6.45, 7) is 11.1. The topological polar surface area (TPSA) is 108 Å². The van der Waals surface area contributed by atoms with E-state index in [9.17, 15) is 14.7 Å². The van der Waals surface area contributed by atoms with Crippen LogP contribution in [0, 0.1) is 12.3 Å². The van der Waals surface area contributed by atoms with Crippen LogP contribution in [0.5, 0.6) is 0 Å². The Hall–Kier alpha value is -3.01. The summed E-state index contributed by atoms with van der Waals surface area (Å²) in [6.07, 6.45) is 0.882. The lowest BCUT2D eigenvalue weighted by Crippen LogP contribution is -2.46. The largest absolute Gasteiger partial charge is 0.464 e. The summed E-state index contributed by atoms with van der Waals surface area (Å²) in [4.78, 5) is 29.6. The molecule has 196 valence electrons. The number of esters is 1. The van der Waals surface area contributed by atoms with Crippen LogP contribution in [-0.4, -0.2) is 57.7 Å². The number of aliphatic hydroxyl groups excluding tert-OH is 1. The second kappa shape index (κ2) is 11.4. The van der Waals surface area contributed by atoms with Crippen LogP contribution in [0.3, 0.4) is 0 Å². The van der Waals surface area contributed by atoms with Crippen molar-refractivity contribution in [1.29, 1.82) is 0 Å². The highest BCUT2D eigenvalue weighted by Gasteiger charge is 2.26. The molecule has 2 aromatic heterocycles. The zero-order valence-corrected chi connectivity index (χ0v) is 22.3. The van der Waals surface area contributed by atoms with Crippen molar-refractivity contribution < 1.29 is 19.4 Å². The SMILES string of the molecule is COCCn1c(-c2cc(C)c(=O)n(C)c2)nc2cc(CNC(C(=O)OCC(C)(C)C)[C@@H](C)O)ccc21. The molecule has 1 aromatic carbocycles. The van der Waals surface area contributed by atoms with Gasteiger partial charge in [-0.1, -0.05) is 26.8 Å². The molecule has 2 heterocycles. The van der Waals surface area contributed by atoms with E-state index in [-0.39, 0.29) is 17.6 Å². The van der Waals surface area contributed by atoms with Crippen molar-refractivity contribution in [1.82, 2.24) is 19.4 Å². The van der Waals surface area contributed by atoms with Gasteiger partial charge < -0.3 is 23.7 Å². The number of fused-ring (bicyclic) bond motifs is 1. The quantitative estimate of drug-likeness (QED) is 0.414. The highest BCUT2D eigenvalue weighted by Crippen LogP contribution is 2.26. The highest BCUT2D eigenvalue weighted by molar-refractivity contribution is 5.81. The van der Waals surface area contributed by atoms with Gasteiger partial charge in [-0.2, -0.15) is 0 Å². The van der Waals surface area contributed by atoms with Crippen LogP contribution in [-0.2, 0) is 34.4 Å². The number of imidazole rings is 1. The minimum Gasteiger partial charge on any atom is -0.464 e. The molecular weight excluding hydrogens is 460 g/mol. The molecule has 9 heteroatoms. The molecule has 0 amide bonds. The molecule has 3 rings (SSSR count). The lowest BCUT2D eigenvalue weighted by atomic mass is 9.98. The van der Waals surface area contributed by atoms with Crippen molar-refractivity contribution in [3.8, 4) is 11.4 Å². The first-order valence-corrected chi connectivity index (χ1v) is 12.1. The third-order valence-electron chi connectivity index (χ3n) is 5.86. The lowest BCUT2D eigenvalue weighted by Gasteiger charge is -2.23. The highest BCUT2D eigenvalue weighted by atomic mass is 16.5. The predicted molar refractivity (Wildman–Crippen MR) is 140 cm³/mol. The average Bonchev–Trinajstić information content (AvgIpc) is 3.16. The number of aromatic nitrogens is 3. The van der Waals surface area contributed by atoms with E-state index in [0.717, 1.165) is 28.0 Å². The van der Waals surface area contributed by atoms with Crippen molar-refractivity contribution in [3.63, 3.8) is 0 Å². The maximum atomic E-state index is 12.6. The van der Waals surface area contributed by atoms with E-state index >= 15 is 0 Å².